The molecule has 0 aliphatic heterocycles. The number of fused-ring (bicyclic) bond motifs is 4. The van der Waals surface area contributed by atoms with E-state index in [1.165, 1.54) is 10.1 Å². The lowest BCUT2D eigenvalue weighted by Gasteiger charge is -1.96. The van der Waals surface area contributed by atoms with Crippen LogP contribution >= 0.6 is 11.3 Å². The van der Waals surface area contributed by atoms with E-state index in [0.29, 0.717) is 0 Å². The Hall–Kier alpha value is -2.07. The second kappa shape index (κ2) is 3.21. The Morgan fingerprint density at radius 1 is 1.12 bits per heavy atom. The first-order chi connectivity index (χ1) is 8.42. The van der Waals surface area contributed by atoms with Crippen molar-refractivity contribution in [2.45, 2.75) is 0 Å². The van der Waals surface area contributed by atoms with Crippen LogP contribution in [0.15, 0.2) is 42.9 Å². The maximum absolute atomic E-state index is 4.70. The van der Waals surface area contributed by atoms with Gasteiger partial charge in [0, 0.05) is 11.6 Å². The van der Waals surface area contributed by atoms with Crippen LogP contribution < -0.4 is 0 Å². The van der Waals surface area contributed by atoms with Gasteiger partial charge in [0.2, 0.25) is 0 Å². The van der Waals surface area contributed by atoms with E-state index in [2.05, 4.69) is 22.1 Å². The van der Waals surface area contributed by atoms with Crippen LogP contribution in [-0.2, 0) is 0 Å². The Bertz CT molecular complexity index is 845. The molecule has 4 heteroatoms. The molecule has 0 N–H and O–H groups in total. The third-order valence-corrected chi connectivity index (χ3v) is 3.88. The number of nitrogens with zero attached hydrogens (tertiary/aromatic N) is 3. The van der Waals surface area contributed by atoms with Crippen molar-refractivity contribution in [3.05, 3.63) is 42.9 Å². The molecule has 0 fully saturated rings. The summed E-state index contributed by atoms with van der Waals surface area (Å²) in [6.45, 7) is 0. The molecule has 0 atom stereocenters. The van der Waals surface area contributed by atoms with E-state index in [9.17, 15) is 0 Å². The minimum atomic E-state index is 0.998. The fourth-order valence-electron chi connectivity index (χ4n) is 2.03. The van der Waals surface area contributed by atoms with Gasteiger partial charge in [-0.15, -0.1) is 11.3 Å². The number of aromatic nitrogens is 3. The van der Waals surface area contributed by atoms with Gasteiger partial charge in [-0.1, -0.05) is 18.2 Å². The fourth-order valence-corrected chi connectivity index (χ4v) is 3.04. The lowest BCUT2D eigenvalue weighted by Crippen LogP contribution is -1.79. The number of benzene rings is 1. The number of thiophene rings is 1. The molecular formula is C13H7N3S. The van der Waals surface area contributed by atoms with Crippen molar-refractivity contribution in [1.29, 1.82) is 0 Å². The highest BCUT2D eigenvalue weighted by atomic mass is 32.1. The average molecular weight is 237 g/mol. The maximum atomic E-state index is 4.70. The van der Waals surface area contributed by atoms with E-state index in [-0.39, 0.29) is 0 Å². The Kier molecular flexibility index (Phi) is 1.70. The second-order valence-corrected chi connectivity index (χ2v) is 4.90. The predicted molar refractivity (Wildman–Crippen MR) is 70.2 cm³/mol. The Labute approximate surface area is 101 Å². The van der Waals surface area contributed by atoms with Crippen LogP contribution in [0.5, 0.6) is 0 Å². The van der Waals surface area contributed by atoms with Crippen molar-refractivity contribution in [2.24, 2.45) is 0 Å². The quantitative estimate of drug-likeness (QED) is 0.470. The highest BCUT2D eigenvalue weighted by Gasteiger charge is 2.08. The van der Waals surface area contributed by atoms with Crippen LogP contribution in [0.4, 0.5) is 0 Å². The van der Waals surface area contributed by atoms with Crippen LogP contribution in [0.1, 0.15) is 0 Å². The van der Waals surface area contributed by atoms with Gasteiger partial charge in [0.15, 0.2) is 0 Å². The molecule has 80 valence electrons. The standard InChI is InChI=1S/C13H7N3S/c1-2-4-10-8(3-1)5-11-12(16-10)9-6-14-7-15-13(9)17-11/h1-7H. The van der Waals surface area contributed by atoms with Crippen molar-refractivity contribution in [3.8, 4) is 0 Å². The first kappa shape index (κ1) is 9.01. The highest BCUT2D eigenvalue weighted by molar-refractivity contribution is 7.25. The molecule has 0 saturated carbocycles. The van der Waals surface area contributed by atoms with Crippen LogP contribution in [-0.4, -0.2) is 15.0 Å². The van der Waals surface area contributed by atoms with Gasteiger partial charge in [-0.3, -0.25) is 0 Å². The van der Waals surface area contributed by atoms with Crippen LogP contribution in [0.25, 0.3) is 31.3 Å². The summed E-state index contributed by atoms with van der Waals surface area (Å²) in [5.41, 5.74) is 2.02. The number of pyridine rings is 1. The van der Waals surface area contributed by atoms with E-state index in [4.69, 9.17) is 4.98 Å². The van der Waals surface area contributed by atoms with Crippen LogP contribution in [0.3, 0.4) is 0 Å². The lowest BCUT2D eigenvalue weighted by atomic mass is 10.2. The summed E-state index contributed by atoms with van der Waals surface area (Å²) in [7, 11) is 0. The average Bonchev–Trinajstić information content (AvgIpc) is 2.73. The maximum Gasteiger partial charge on any atom is 0.129 e. The summed E-state index contributed by atoms with van der Waals surface area (Å²) >= 11 is 1.66. The van der Waals surface area contributed by atoms with Gasteiger partial charge in [-0.05, 0) is 12.1 Å². The molecule has 0 spiro atoms. The van der Waals surface area contributed by atoms with Crippen molar-refractivity contribution in [2.75, 3.05) is 0 Å². The van der Waals surface area contributed by atoms with Gasteiger partial charge in [-0.25, -0.2) is 15.0 Å². The molecule has 4 aromatic rings. The monoisotopic (exact) mass is 237 g/mol. The first-order valence-electron chi connectivity index (χ1n) is 5.30. The van der Waals surface area contributed by atoms with Gasteiger partial charge in [0.25, 0.3) is 0 Å². The second-order valence-electron chi connectivity index (χ2n) is 3.87. The van der Waals surface area contributed by atoms with Crippen LogP contribution in [0.2, 0.25) is 0 Å². The SMILES string of the molecule is c1ccc2nc3c(cc2c1)sc1ncncc13. The zero-order chi connectivity index (χ0) is 11.2. The Morgan fingerprint density at radius 2 is 2.06 bits per heavy atom. The summed E-state index contributed by atoms with van der Waals surface area (Å²) in [5, 5.41) is 2.21. The van der Waals surface area contributed by atoms with E-state index in [1.54, 1.807) is 17.7 Å². The molecule has 4 rings (SSSR count). The highest BCUT2D eigenvalue weighted by Crippen LogP contribution is 2.32. The molecule has 3 nitrogen and oxygen atoms in total. The minimum absolute atomic E-state index is 0.998. The van der Waals surface area contributed by atoms with Crippen molar-refractivity contribution < 1.29 is 0 Å². The molecule has 1 aromatic carbocycles. The third kappa shape index (κ3) is 1.24. The zero-order valence-electron chi connectivity index (χ0n) is 8.79. The zero-order valence-corrected chi connectivity index (χ0v) is 9.61. The van der Waals surface area contributed by atoms with Crippen molar-refractivity contribution in [3.63, 3.8) is 0 Å². The Balaban J connectivity index is 2.28. The Morgan fingerprint density at radius 3 is 3.06 bits per heavy atom. The topological polar surface area (TPSA) is 38.7 Å². The van der Waals surface area contributed by atoms with Gasteiger partial charge < -0.3 is 0 Å². The molecule has 0 amide bonds. The lowest BCUT2D eigenvalue weighted by molar-refractivity contribution is 1.23. The van der Waals surface area contributed by atoms with E-state index in [0.717, 1.165) is 21.3 Å². The molecule has 0 aliphatic carbocycles. The third-order valence-electron chi connectivity index (χ3n) is 2.83. The smallest absolute Gasteiger partial charge is 0.129 e. The van der Waals surface area contributed by atoms with E-state index >= 15 is 0 Å². The molecule has 3 heterocycles. The van der Waals surface area contributed by atoms with Crippen molar-refractivity contribution >= 4 is 42.7 Å². The summed E-state index contributed by atoms with van der Waals surface area (Å²) in [5.74, 6) is 0. The van der Waals surface area contributed by atoms with Gasteiger partial charge in [0.05, 0.1) is 21.1 Å². The van der Waals surface area contributed by atoms with Gasteiger partial charge >= 0.3 is 0 Å². The molecule has 17 heavy (non-hydrogen) atoms. The van der Waals surface area contributed by atoms with Crippen molar-refractivity contribution in [1.82, 2.24) is 15.0 Å². The molecule has 3 aromatic heterocycles. The predicted octanol–water partition coefficient (Wildman–Crippen LogP) is 3.39. The number of hydrogen-bond donors (Lipinski definition) is 0. The van der Waals surface area contributed by atoms with Crippen LogP contribution in [0, 0.1) is 0 Å². The normalized spacial score (nSPS) is 11.5. The fraction of sp³-hybridized carbons (Fsp3) is 0. The molecular weight excluding hydrogens is 230 g/mol. The number of para-hydroxylation sites is 1. The van der Waals surface area contributed by atoms with E-state index in [1.807, 2.05) is 24.4 Å². The summed E-state index contributed by atoms with van der Waals surface area (Å²) in [6.07, 6.45) is 3.42. The van der Waals surface area contributed by atoms with Gasteiger partial charge in [0.1, 0.15) is 11.2 Å². The molecule has 0 bridgehead atoms. The first-order valence-corrected chi connectivity index (χ1v) is 6.11. The molecule has 0 unspecified atom stereocenters. The van der Waals surface area contributed by atoms with Gasteiger partial charge in [-0.2, -0.15) is 0 Å². The number of hydrogen-bond acceptors (Lipinski definition) is 4. The summed E-state index contributed by atoms with van der Waals surface area (Å²) in [6, 6.07) is 10.3. The largest absolute Gasteiger partial charge is 0.246 e. The molecule has 0 radical (unpaired) electrons. The number of rotatable bonds is 0. The summed E-state index contributed by atoms with van der Waals surface area (Å²) in [4.78, 5) is 14.0. The molecule has 0 saturated heterocycles. The van der Waals surface area contributed by atoms with E-state index < -0.39 is 0 Å². The minimum Gasteiger partial charge on any atom is -0.246 e. The molecule has 0 aliphatic rings. The summed E-state index contributed by atoms with van der Waals surface area (Å²) < 4.78 is 1.17.